The van der Waals surface area contributed by atoms with Gasteiger partial charge in [-0.25, -0.2) is 4.98 Å². The zero-order chi connectivity index (χ0) is 22.4. The molecule has 6 heteroatoms. The maximum atomic E-state index is 13.9. The van der Waals surface area contributed by atoms with Crippen molar-refractivity contribution in [3.05, 3.63) is 57.4 Å². The molecule has 0 amide bonds. The van der Waals surface area contributed by atoms with Crippen LogP contribution >= 0.6 is 11.3 Å². The van der Waals surface area contributed by atoms with Crippen molar-refractivity contribution in [1.29, 1.82) is 0 Å². The molecule has 1 N–H and O–H groups in total. The Labute approximate surface area is 191 Å². The molecule has 2 aromatic carbocycles. The molecule has 3 heterocycles. The van der Waals surface area contributed by atoms with E-state index in [4.69, 9.17) is 9.40 Å². The summed E-state index contributed by atoms with van der Waals surface area (Å²) >= 11 is 1.52. The lowest BCUT2D eigenvalue weighted by molar-refractivity contribution is 0.218. The fourth-order valence-electron chi connectivity index (χ4n) is 4.63. The molecule has 32 heavy (non-hydrogen) atoms. The van der Waals surface area contributed by atoms with Crippen molar-refractivity contribution < 1.29 is 9.52 Å². The highest BCUT2D eigenvalue weighted by Crippen LogP contribution is 2.38. The summed E-state index contributed by atoms with van der Waals surface area (Å²) in [5.74, 6) is 0.852. The van der Waals surface area contributed by atoms with Crippen LogP contribution in [0.15, 0.2) is 39.5 Å². The van der Waals surface area contributed by atoms with Crippen LogP contribution in [0.2, 0.25) is 0 Å². The van der Waals surface area contributed by atoms with E-state index in [2.05, 4.69) is 4.90 Å². The van der Waals surface area contributed by atoms with Gasteiger partial charge in [0.1, 0.15) is 22.1 Å². The van der Waals surface area contributed by atoms with E-state index < -0.39 is 0 Å². The van der Waals surface area contributed by atoms with E-state index in [1.165, 1.54) is 30.6 Å². The Balaban J connectivity index is 1.72. The number of para-hydroxylation sites is 1. The van der Waals surface area contributed by atoms with Crippen molar-refractivity contribution in [1.82, 2.24) is 9.88 Å². The number of phenols is 1. The van der Waals surface area contributed by atoms with Gasteiger partial charge in [0, 0.05) is 23.6 Å². The van der Waals surface area contributed by atoms with Crippen LogP contribution in [0.4, 0.5) is 0 Å². The molecule has 0 bridgehead atoms. The van der Waals surface area contributed by atoms with Crippen molar-refractivity contribution in [2.45, 2.75) is 52.5 Å². The Morgan fingerprint density at radius 2 is 1.94 bits per heavy atom. The van der Waals surface area contributed by atoms with Crippen molar-refractivity contribution >= 4 is 32.5 Å². The number of fused-ring (bicyclic) bond motifs is 2. The van der Waals surface area contributed by atoms with Gasteiger partial charge >= 0.3 is 0 Å². The first-order valence-electron chi connectivity index (χ1n) is 11.3. The minimum Gasteiger partial charge on any atom is -0.507 e. The zero-order valence-corrected chi connectivity index (χ0v) is 19.6. The Kier molecular flexibility index (Phi) is 5.51. The average molecular weight is 449 g/mol. The predicted molar refractivity (Wildman–Crippen MR) is 131 cm³/mol. The van der Waals surface area contributed by atoms with Gasteiger partial charge in [-0.05, 0) is 51.1 Å². The van der Waals surface area contributed by atoms with Crippen LogP contribution in [0.25, 0.3) is 31.8 Å². The summed E-state index contributed by atoms with van der Waals surface area (Å²) in [7, 11) is 0. The van der Waals surface area contributed by atoms with Crippen LogP contribution in [0, 0.1) is 6.92 Å². The molecule has 0 spiro atoms. The van der Waals surface area contributed by atoms with E-state index in [1.54, 1.807) is 0 Å². The third kappa shape index (κ3) is 3.61. The predicted octanol–water partition coefficient (Wildman–Crippen LogP) is 6.19. The van der Waals surface area contributed by atoms with Gasteiger partial charge < -0.3 is 9.52 Å². The number of aromatic nitrogens is 1. The molecule has 1 saturated heterocycles. The van der Waals surface area contributed by atoms with Crippen LogP contribution in [-0.4, -0.2) is 28.1 Å². The first-order valence-corrected chi connectivity index (χ1v) is 12.2. The van der Waals surface area contributed by atoms with Crippen molar-refractivity contribution in [2.24, 2.45) is 0 Å². The lowest BCUT2D eigenvalue weighted by Crippen LogP contribution is -2.29. The van der Waals surface area contributed by atoms with Crippen LogP contribution in [0.3, 0.4) is 0 Å². The molecule has 4 aromatic rings. The van der Waals surface area contributed by atoms with Gasteiger partial charge in [0.25, 0.3) is 0 Å². The number of benzene rings is 2. The fourth-order valence-corrected chi connectivity index (χ4v) is 5.65. The van der Waals surface area contributed by atoms with E-state index in [0.29, 0.717) is 39.4 Å². The number of rotatable bonds is 4. The second kappa shape index (κ2) is 8.34. The smallest absolute Gasteiger partial charge is 0.203 e. The van der Waals surface area contributed by atoms with E-state index in [1.807, 2.05) is 51.1 Å². The standard InChI is InChI=1S/C26H28N2O3S/c1-15(2)24-21(26-27-19-9-5-6-10-20(19)32-26)23(30)18-13-17(14-28-11-7-4-8-12-28)22(29)16(3)25(18)31-24/h5-6,9-10,13,15,29H,4,7-8,11-12,14H2,1-3H3. The molecule has 5 rings (SSSR count). The molecule has 0 saturated carbocycles. The number of piperidine rings is 1. The summed E-state index contributed by atoms with van der Waals surface area (Å²) in [6.07, 6.45) is 3.61. The summed E-state index contributed by atoms with van der Waals surface area (Å²) in [5.41, 5.74) is 3.25. The van der Waals surface area contributed by atoms with Gasteiger partial charge in [-0.3, -0.25) is 9.69 Å². The Morgan fingerprint density at radius 3 is 2.66 bits per heavy atom. The van der Waals surface area contributed by atoms with Crippen LogP contribution in [0.1, 0.15) is 55.9 Å². The van der Waals surface area contributed by atoms with Crippen molar-refractivity contribution in [2.75, 3.05) is 13.1 Å². The van der Waals surface area contributed by atoms with Crippen molar-refractivity contribution in [3.63, 3.8) is 0 Å². The molecule has 0 radical (unpaired) electrons. The molecule has 5 nitrogen and oxygen atoms in total. The van der Waals surface area contributed by atoms with Crippen LogP contribution < -0.4 is 5.43 Å². The summed E-state index contributed by atoms with van der Waals surface area (Å²) < 4.78 is 7.38. The number of hydrogen-bond acceptors (Lipinski definition) is 6. The fraction of sp³-hybridized carbons (Fsp3) is 0.385. The number of aromatic hydroxyl groups is 1. The molecular weight excluding hydrogens is 420 g/mol. The third-order valence-corrected chi connectivity index (χ3v) is 7.42. The van der Waals surface area contributed by atoms with E-state index in [0.717, 1.165) is 28.9 Å². The third-order valence-electron chi connectivity index (χ3n) is 6.37. The Morgan fingerprint density at radius 1 is 1.19 bits per heavy atom. The average Bonchev–Trinajstić information content (AvgIpc) is 3.22. The lowest BCUT2D eigenvalue weighted by Gasteiger charge is -2.27. The number of likely N-dealkylation sites (tertiary alicyclic amines) is 1. The van der Waals surface area contributed by atoms with Gasteiger partial charge in [-0.2, -0.15) is 0 Å². The highest BCUT2D eigenvalue weighted by molar-refractivity contribution is 7.21. The van der Waals surface area contributed by atoms with Crippen LogP contribution in [0.5, 0.6) is 5.75 Å². The SMILES string of the molecule is Cc1c(O)c(CN2CCCCC2)cc2c(=O)c(-c3nc4ccccc4s3)c(C(C)C)oc12. The minimum atomic E-state index is -0.0722. The number of hydrogen-bond donors (Lipinski definition) is 1. The minimum absolute atomic E-state index is 0.00341. The maximum Gasteiger partial charge on any atom is 0.203 e. The number of phenolic OH excluding ortho intramolecular Hbond substituents is 1. The van der Waals surface area contributed by atoms with Crippen LogP contribution in [-0.2, 0) is 6.54 Å². The number of nitrogens with zero attached hydrogens (tertiary/aromatic N) is 2. The highest BCUT2D eigenvalue weighted by atomic mass is 32.1. The Bertz CT molecular complexity index is 1330. The first-order chi connectivity index (χ1) is 15.4. The summed E-state index contributed by atoms with van der Waals surface area (Å²) in [6.45, 7) is 8.55. The van der Waals surface area contributed by atoms with E-state index in [9.17, 15) is 9.90 Å². The maximum absolute atomic E-state index is 13.9. The molecule has 0 aliphatic carbocycles. The summed E-state index contributed by atoms with van der Waals surface area (Å²) in [4.78, 5) is 21.0. The zero-order valence-electron chi connectivity index (χ0n) is 18.8. The summed E-state index contributed by atoms with van der Waals surface area (Å²) in [6, 6.07) is 9.75. The van der Waals surface area contributed by atoms with E-state index >= 15 is 0 Å². The second-order valence-electron chi connectivity index (χ2n) is 9.03. The van der Waals surface area contributed by atoms with Gasteiger partial charge in [-0.15, -0.1) is 11.3 Å². The van der Waals surface area contributed by atoms with Gasteiger partial charge in [0.05, 0.1) is 21.2 Å². The molecule has 1 aliphatic rings. The second-order valence-corrected chi connectivity index (χ2v) is 10.1. The normalized spacial score (nSPS) is 15.2. The molecule has 0 unspecified atom stereocenters. The molecule has 1 aliphatic heterocycles. The van der Waals surface area contributed by atoms with E-state index in [-0.39, 0.29) is 17.1 Å². The highest BCUT2D eigenvalue weighted by Gasteiger charge is 2.25. The van der Waals surface area contributed by atoms with Gasteiger partial charge in [0.2, 0.25) is 5.43 Å². The van der Waals surface area contributed by atoms with Gasteiger partial charge in [0.15, 0.2) is 0 Å². The molecule has 0 atom stereocenters. The Hall–Kier alpha value is -2.70. The summed E-state index contributed by atoms with van der Waals surface area (Å²) in [5, 5.41) is 12.1. The number of aryl methyl sites for hydroxylation is 1. The molecule has 166 valence electrons. The first kappa shape index (κ1) is 21.2. The molecular formula is C26H28N2O3S. The lowest BCUT2D eigenvalue weighted by atomic mass is 9.99. The quantitative estimate of drug-likeness (QED) is 0.403. The van der Waals surface area contributed by atoms with Gasteiger partial charge in [-0.1, -0.05) is 32.4 Å². The monoisotopic (exact) mass is 448 g/mol. The molecule has 2 aromatic heterocycles. The number of thiazole rings is 1. The topological polar surface area (TPSA) is 66.6 Å². The largest absolute Gasteiger partial charge is 0.507 e. The molecule has 1 fully saturated rings. The van der Waals surface area contributed by atoms with Crippen molar-refractivity contribution in [3.8, 4) is 16.3 Å².